The summed E-state index contributed by atoms with van der Waals surface area (Å²) in [5.74, 6) is 0. The van der Waals surface area contributed by atoms with E-state index in [1.807, 2.05) is 54.6 Å². The second-order valence-electron chi connectivity index (χ2n) is 6.64. The van der Waals surface area contributed by atoms with E-state index < -0.39 is 0 Å². The van der Waals surface area contributed by atoms with Gasteiger partial charge in [-0.15, -0.1) is 11.3 Å². The number of benzene rings is 3. The highest BCUT2D eigenvalue weighted by Gasteiger charge is 2.16. The molecular weight excluding hydrogens is 425 g/mol. The van der Waals surface area contributed by atoms with Crippen molar-refractivity contribution in [3.8, 4) is 0 Å². The molecule has 4 rings (SSSR count). The van der Waals surface area contributed by atoms with Gasteiger partial charge in [-0.05, 0) is 61.2 Å². The molecule has 0 unspecified atom stereocenters. The molecule has 5 heteroatoms. The van der Waals surface area contributed by atoms with Crippen LogP contribution in [0.5, 0.6) is 0 Å². The van der Waals surface area contributed by atoms with Crippen LogP contribution in [0.15, 0.2) is 60.7 Å². The lowest BCUT2D eigenvalue weighted by Crippen LogP contribution is -2.00. The lowest BCUT2D eigenvalue weighted by molar-refractivity contribution is 1.43. The van der Waals surface area contributed by atoms with Crippen molar-refractivity contribution in [3.05, 3.63) is 91.6 Å². The van der Waals surface area contributed by atoms with Gasteiger partial charge in [-0.3, -0.25) is 0 Å². The minimum atomic E-state index is 0.636. The van der Waals surface area contributed by atoms with Gasteiger partial charge >= 0.3 is 0 Å². The molecule has 0 atom stereocenters. The van der Waals surface area contributed by atoms with E-state index in [-0.39, 0.29) is 0 Å². The minimum Gasteiger partial charge on any atom is -0.355 e. The first-order valence-electron chi connectivity index (χ1n) is 8.79. The van der Waals surface area contributed by atoms with E-state index in [1.165, 1.54) is 10.4 Å². The van der Waals surface area contributed by atoms with Gasteiger partial charge in [-0.1, -0.05) is 59.7 Å². The first-order valence-corrected chi connectivity index (χ1v) is 10.8. The highest BCUT2D eigenvalue weighted by atomic mass is 35.5. The first-order chi connectivity index (χ1) is 13.4. The fourth-order valence-electron chi connectivity index (χ4n) is 3.21. The van der Waals surface area contributed by atoms with Crippen LogP contribution in [-0.4, -0.2) is 4.86 Å². The summed E-state index contributed by atoms with van der Waals surface area (Å²) in [4.78, 5) is 3.02. The molecule has 1 heterocycles. The van der Waals surface area contributed by atoms with Gasteiger partial charge in [0.05, 0.1) is 14.8 Å². The van der Waals surface area contributed by atoms with Gasteiger partial charge in [0.25, 0.3) is 0 Å². The van der Waals surface area contributed by atoms with Crippen molar-refractivity contribution >= 4 is 73.8 Å². The molecule has 0 aliphatic heterocycles. The zero-order valence-corrected chi connectivity index (χ0v) is 18.5. The maximum atomic E-state index is 6.62. The summed E-state index contributed by atoms with van der Waals surface area (Å²) < 4.78 is 0. The molecule has 1 aromatic heterocycles. The average molecular weight is 442 g/mol. The number of thiocarbonyl (C=S) groups is 1. The number of para-hydroxylation sites is 1. The second-order valence-corrected chi connectivity index (χ2v) is 9.12. The number of aryl methyl sites for hydroxylation is 2. The summed E-state index contributed by atoms with van der Waals surface area (Å²) in [7, 11) is 0. The molecule has 4 aromatic rings. The van der Waals surface area contributed by atoms with E-state index in [0.717, 1.165) is 42.5 Å². The van der Waals surface area contributed by atoms with E-state index in [2.05, 4.69) is 25.2 Å². The fourth-order valence-corrected chi connectivity index (χ4v) is 5.20. The summed E-state index contributed by atoms with van der Waals surface area (Å²) >= 11 is 20.3. The molecular formula is C23H17Cl2NS2. The van der Waals surface area contributed by atoms with Crippen molar-refractivity contribution in [3.63, 3.8) is 0 Å². The Morgan fingerprint density at radius 3 is 2.46 bits per heavy atom. The highest BCUT2D eigenvalue weighted by molar-refractivity contribution is 7.81. The first kappa shape index (κ1) is 19.4. The third-order valence-electron chi connectivity index (χ3n) is 4.70. The fraction of sp³-hybridized carbons (Fsp3) is 0.0870. The monoisotopic (exact) mass is 441 g/mol. The Kier molecular flexibility index (Phi) is 5.44. The number of hydrogen-bond acceptors (Lipinski definition) is 3. The Bertz CT molecular complexity index is 1210. The Balaban J connectivity index is 1.68. The lowest BCUT2D eigenvalue weighted by Gasteiger charge is -2.12. The molecule has 3 aromatic carbocycles. The SMILES string of the molecule is Cc1ccccc1Nc1ccc(C(=S)c2sc(C)c3cc(Cl)ccc23)c(Cl)c1. The van der Waals surface area contributed by atoms with Crippen LogP contribution in [0.3, 0.4) is 0 Å². The summed E-state index contributed by atoms with van der Waals surface area (Å²) in [6, 6.07) is 20.0. The molecule has 0 fully saturated rings. The van der Waals surface area contributed by atoms with Gasteiger partial charge in [0.2, 0.25) is 0 Å². The van der Waals surface area contributed by atoms with Gasteiger partial charge in [0.1, 0.15) is 0 Å². The highest BCUT2D eigenvalue weighted by Crippen LogP contribution is 2.36. The van der Waals surface area contributed by atoms with Gasteiger partial charge < -0.3 is 5.32 Å². The predicted molar refractivity (Wildman–Crippen MR) is 128 cm³/mol. The molecule has 0 saturated carbocycles. The van der Waals surface area contributed by atoms with Crippen LogP contribution in [-0.2, 0) is 0 Å². The molecule has 140 valence electrons. The Morgan fingerprint density at radius 1 is 0.929 bits per heavy atom. The van der Waals surface area contributed by atoms with E-state index in [4.69, 9.17) is 35.4 Å². The number of anilines is 2. The Morgan fingerprint density at radius 2 is 1.71 bits per heavy atom. The van der Waals surface area contributed by atoms with E-state index >= 15 is 0 Å². The smallest absolute Gasteiger partial charge is 0.0643 e. The van der Waals surface area contributed by atoms with Crippen LogP contribution in [0.2, 0.25) is 10.0 Å². The zero-order valence-electron chi connectivity index (χ0n) is 15.3. The zero-order chi connectivity index (χ0) is 19.8. The standard InChI is InChI=1S/C23H17Cl2NS2/c1-13-5-3-4-6-21(13)26-16-8-10-18(20(25)12-16)22(27)23-17-9-7-15(24)11-19(17)14(2)28-23/h3-12,26H,1-2H3. The summed E-state index contributed by atoms with van der Waals surface area (Å²) in [6.45, 7) is 4.16. The van der Waals surface area contributed by atoms with Gasteiger partial charge in [0.15, 0.2) is 0 Å². The molecule has 0 radical (unpaired) electrons. The second kappa shape index (κ2) is 7.84. The van der Waals surface area contributed by atoms with Crippen LogP contribution >= 0.6 is 46.8 Å². The molecule has 1 N–H and O–H groups in total. The molecule has 1 nitrogen and oxygen atoms in total. The number of rotatable bonds is 4. The van der Waals surface area contributed by atoms with Crippen LogP contribution < -0.4 is 5.32 Å². The molecule has 28 heavy (non-hydrogen) atoms. The van der Waals surface area contributed by atoms with E-state index in [9.17, 15) is 0 Å². The average Bonchev–Trinajstić information content (AvgIpc) is 2.99. The summed E-state index contributed by atoms with van der Waals surface area (Å²) in [5.41, 5.74) is 4.04. The number of nitrogens with one attached hydrogen (secondary N) is 1. The molecule has 0 bridgehead atoms. The van der Waals surface area contributed by atoms with Gasteiger partial charge in [-0.25, -0.2) is 0 Å². The van der Waals surface area contributed by atoms with Crippen LogP contribution in [0, 0.1) is 13.8 Å². The Hall–Kier alpha value is -1.91. The molecule has 0 aliphatic carbocycles. The van der Waals surface area contributed by atoms with Crippen molar-refractivity contribution in [2.45, 2.75) is 13.8 Å². The lowest BCUT2D eigenvalue weighted by atomic mass is 10.1. The van der Waals surface area contributed by atoms with Crippen molar-refractivity contribution in [1.29, 1.82) is 0 Å². The summed E-state index contributed by atoms with van der Waals surface area (Å²) in [5, 5.41) is 7.05. The molecule has 0 aliphatic rings. The molecule has 0 saturated heterocycles. The maximum Gasteiger partial charge on any atom is 0.0643 e. The quantitative estimate of drug-likeness (QED) is 0.252. The van der Waals surface area contributed by atoms with Crippen LogP contribution in [0.4, 0.5) is 11.4 Å². The van der Waals surface area contributed by atoms with E-state index in [0.29, 0.717) is 5.02 Å². The third-order valence-corrected chi connectivity index (χ3v) is 6.96. The van der Waals surface area contributed by atoms with Crippen molar-refractivity contribution in [2.24, 2.45) is 0 Å². The topological polar surface area (TPSA) is 12.0 Å². The minimum absolute atomic E-state index is 0.636. The van der Waals surface area contributed by atoms with Gasteiger partial charge in [-0.2, -0.15) is 0 Å². The van der Waals surface area contributed by atoms with E-state index in [1.54, 1.807) is 11.3 Å². The molecule has 0 spiro atoms. The predicted octanol–water partition coefficient (Wildman–Crippen LogP) is 8.33. The number of fused-ring (bicyclic) bond motifs is 1. The summed E-state index contributed by atoms with van der Waals surface area (Å²) in [6.07, 6.45) is 0. The number of thiophene rings is 1. The normalized spacial score (nSPS) is 11.0. The number of halogens is 2. The third kappa shape index (κ3) is 3.68. The number of hydrogen-bond donors (Lipinski definition) is 1. The molecule has 0 amide bonds. The largest absolute Gasteiger partial charge is 0.355 e. The van der Waals surface area contributed by atoms with Crippen molar-refractivity contribution in [1.82, 2.24) is 0 Å². The maximum absolute atomic E-state index is 6.62. The van der Waals surface area contributed by atoms with Crippen molar-refractivity contribution < 1.29 is 0 Å². The van der Waals surface area contributed by atoms with Crippen LogP contribution in [0.1, 0.15) is 20.9 Å². The van der Waals surface area contributed by atoms with Gasteiger partial charge in [0, 0.05) is 32.2 Å². The Labute approximate surface area is 183 Å². The van der Waals surface area contributed by atoms with Crippen molar-refractivity contribution in [2.75, 3.05) is 5.32 Å². The van der Waals surface area contributed by atoms with Crippen LogP contribution in [0.25, 0.3) is 10.8 Å².